The third kappa shape index (κ3) is 18.2. The van der Waals surface area contributed by atoms with Crippen molar-refractivity contribution in [2.45, 2.75) is 39.3 Å². The molecule has 0 aromatic heterocycles. The van der Waals surface area contributed by atoms with Crippen LogP contribution in [0.25, 0.3) is 0 Å². The summed E-state index contributed by atoms with van der Waals surface area (Å²) in [7, 11) is 0. The van der Waals surface area contributed by atoms with Gasteiger partial charge in [-0.25, -0.2) is 0 Å². The van der Waals surface area contributed by atoms with Gasteiger partial charge in [-0.1, -0.05) is 195 Å². The van der Waals surface area contributed by atoms with Crippen molar-refractivity contribution in [1.29, 1.82) is 0 Å². The van der Waals surface area contributed by atoms with E-state index in [0.29, 0.717) is 13.0 Å². The van der Waals surface area contributed by atoms with Crippen molar-refractivity contribution >= 4 is 87.5 Å². The molecule has 0 saturated heterocycles. The molecule has 0 heterocycles. The first-order valence-corrected chi connectivity index (χ1v) is 19.8. The van der Waals surface area contributed by atoms with Gasteiger partial charge in [0.25, 0.3) is 0 Å². The number of nitrogens with zero attached hydrogens (tertiary/aromatic N) is 3. The Morgan fingerprint density at radius 2 is 0.418 bits per heavy atom. The Labute approximate surface area is 373 Å². The minimum absolute atomic E-state index is 0. The van der Waals surface area contributed by atoms with E-state index in [1.807, 2.05) is 124 Å². The van der Waals surface area contributed by atoms with Crippen molar-refractivity contribution in [2.75, 3.05) is 0 Å². The molecule has 0 unspecified atom stereocenters. The summed E-state index contributed by atoms with van der Waals surface area (Å²) < 4.78 is 1.55. The summed E-state index contributed by atoms with van der Waals surface area (Å²) in [6.45, 7) is 4.57. The van der Waals surface area contributed by atoms with Gasteiger partial charge in [0.05, 0.1) is 0 Å². The Hall–Kier alpha value is -3.73. The fourth-order valence-corrected chi connectivity index (χ4v) is 6.15. The van der Waals surface area contributed by atoms with Crippen LogP contribution in [0, 0.1) is 0 Å². The van der Waals surface area contributed by atoms with Gasteiger partial charge in [0.1, 0.15) is 0 Å². The van der Waals surface area contributed by atoms with Gasteiger partial charge in [-0.15, -0.1) is 0 Å². The molecule has 0 aliphatic carbocycles. The maximum absolute atomic E-state index is 5.16. The van der Waals surface area contributed by atoms with E-state index in [4.69, 9.17) is 74.5 Å². The molecule has 3 nitrogen and oxygen atoms in total. The van der Waals surface area contributed by atoms with Crippen LogP contribution >= 0.6 is 36.7 Å². The van der Waals surface area contributed by atoms with Crippen LogP contribution in [-0.2, 0) is 96.6 Å². The van der Waals surface area contributed by atoms with Crippen LogP contribution in [0.3, 0.4) is 0 Å². The molecule has 0 bridgehead atoms. The zero-order chi connectivity index (χ0) is 38.4. The average molecular weight is 918 g/mol. The normalized spacial score (nSPS) is 9.82. The number of rotatable bonds is 12. The van der Waals surface area contributed by atoms with Crippen LogP contribution in [0.15, 0.2) is 182 Å². The van der Waals surface area contributed by atoms with E-state index in [2.05, 4.69) is 72.8 Å². The standard InChI is InChI=1S/3C15H15NS2.Ru/c3*17-15(18)16(11-13-7-3-1-4-8-13)12-14-9-5-2-6-10-14;/h3*1-10H,11-12H2,(H,17,18);/q;;;+3/p-3. The van der Waals surface area contributed by atoms with Crippen LogP contribution in [0.1, 0.15) is 33.4 Å². The van der Waals surface area contributed by atoms with Gasteiger partial charge in [-0.05, 0) is 33.4 Å². The Bertz CT molecular complexity index is 1600. The van der Waals surface area contributed by atoms with Crippen LogP contribution in [0.2, 0.25) is 0 Å². The molecular formula is C45H42N3RuS6. The molecule has 6 aromatic rings. The largest absolute Gasteiger partial charge is 3.00 e. The van der Waals surface area contributed by atoms with E-state index >= 15 is 0 Å². The van der Waals surface area contributed by atoms with E-state index in [1.54, 1.807) is 0 Å². The molecule has 0 amide bonds. The van der Waals surface area contributed by atoms with Gasteiger partial charge in [0.15, 0.2) is 0 Å². The van der Waals surface area contributed by atoms with Crippen molar-refractivity contribution in [3.8, 4) is 0 Å². The molecule has 0 fully saturated rings. The Morgan fingerprint density at radius 1 is 0.291 bits per heavy atom. The van der Waals surface area contributed by atoms with Crippen LogP contribution in [0.4, 0.5) is 0 Å². The van der Waals surface area contributed by atoms with Gasteiger partial charge in [-0.3, -0.25) is 0 Å². The van der Waals surface area contributed by atoms with Crippen molar-refractivity contribution in [3.63, 3.8) is 0 Å². The second-order valence-electron chi connectivity index (χ2n) is 12.3. The molecule has 0 aliphatic rings. The predicted molar refractivity (Wildman–Crippen MR) is 246 cm³/mol. The van der Waals surface area contributed by atoms with Crippen molar-refractivity contribution < 1.29 is 19.5 Å². The van der Waals surface area contributed by atoms with Crippen molar-refractivity contribution in [1.82, 2.24) is 14.7 Å². The van der Waals surface area contributed by atoms with Gasteiger partial charge in [0.2, 0.25) is 0 Å². The molecule has 55 heavy (non-hydrogen) atoms. The smallest absolute Gasteiger partial charge is 0.411 e. The van der Waals surface area contributed by atoms with Crippen molar-refractivity contribution in [3.05, 3.63) is 215 Å². The molecule has 0 atom stereocenters. The van der Waals surface area contributed by atoms with Gasteiger partial charge >= 0.3 is 19.5 Å². The fourth-order valence-electron chi connectivity index (χ4n) is 5.38. The van der Waals surface area contributed by atoms with E-state index in [9.17, 15) is 0 Å². The zero-order valence-corrected chi connectivity index (χ0v) is 36.8. The quantitative estimate of drug-likeness (QED) is 0.0669. The summed E-state index contributed by atoms with van der Waals surface area (Å²) in [4.78, 5) is 6.11. The Balaban J connectivity index is 0.000000220. The molecule has 281 valence electrons. The monoisotopic (exact) mass is 918 g/mol. The van der Waals surface area contributed by atoms with E-state index in [1.165, 1.54) is 33.4 Å². The van der Waals surface area contributed by atoms with Crippen LogP contribution in [-0.4, -0.2) is 27.7 Å². The molecule has 0 aliphatic heterocycles. The Morgan fingerprint density at radius 3 is 0.527 bits per heavy atom. The summed E-state index contributed by atoms with van der Waals surface area (Å²) in [5.41, 5.74) is 7.34. The summed E-state index contributed by atoms with van der Waals surface area (Å²) in [5, 5.41) is 0. The summed E-state index contributed by atoms with van der Waals surface area (Å²) >= 11 is 30.9. The average Bonchev–Trinajstić information content (AvgIpc) is 3.20. The summed E-state index contributed by atoms with van der Waals surface area (Å²) in [6.07, 6.45) is 0. The number of hydrogen-bond acceptors (Lipinski definition) is 6. The molecule has 0 spiro atoms. The van der Waals surface area contributed by atoms with Crippen LogP contribution < -0.4 is 0 Å². The second-order valence-corrected chi connectivity index (χ2v) is 15.4. The maximum Gasteiger partial charge on any atom is 3.00 e. The van der Waals surface area contributed by atoms with Gasteiger partial charge in [-0.2, -0.15) is 0 Å². The van der Waals surface area contributed by atoms with E-state index < -0.39 is 0 Å². The number of benzene rings is 6. The molecular weight excluding hydrogens is 876 g/mol. The SMILES string of the molecule is S=C([S-])N(Cc1ccccc1)Cc1ccccc1.S=C([S-])N(Cc1ccccc1)Cc1ccccc1.S=C([S-])N(Cc1ccccc1)Cc1ccccc1.[Ru+3]. The molecule has 1 radical (unpaired) electrons. The molecule has 6 rings (SSSR count). The maximum atomic E-state index is 5.16. The number of hydrogen-bond donors (Lipinski definition) is 0. The minimum atomic E-state index is 0. The third-order valence-corrected chi connectivity index (χ3v) is 9.62. The molecule has 0 saturated carbocycles. The summed E-state index contributed by atoms with van der Waals surface area (Å²) in [5.74, 6) is 0. The van der Waals surface area contributed by atoms with E-state index in [0.717, 1.165) is 39.3 Å². The van der Waals surface area contributed by atoms with Gasteiger partial charge in [0, 0.05) is 39.3 Å². The topological polar surface area (TPSA) is 9.72 Å². The molecule has 0 N–H and O–H groups in total. The number of thiocarbonyl (C=S) groups is 3. The first-order valence-electron chi connectivity index (χ1n) is 17.4. The minimum Gasteiger partial charge on any atom is -0.411 e. The summed E-state index contributed by atoms with van der Waals surface area (Å²) in [6, 6.07) is 61.5. The van der Waals surface area contributed by atoms with E-state index in [-0.39, 0.29) is 19.5 Å². The third-order valence-electron chi connectivity index (χ3n) is 8.07. The first kappa shape index (κ1) is 45.7. The second kappa shape index (κ2) is 26.2. The zero-order valence-electron chi connectivity index (χ0n) is 30.2. The first-order chi connectivity index (χ1) is 26.3. The molecule has 6 aromatic carbocycles. The fraction of sp³-hybridized carbons (Fsp3) is 0.133. The van der Waals surface area contributed by atoms with Crippen LogP contribution in [0.5, 0.6) is 0 Å². The predicted octanol–water partition coefficient (Wildman–Crippen LogP) is 10.6. The Kier molecular flexibility index (Phi) is 21.7. The van der Waals surface area contributed by atoms with Crippen molar-refractivity contribution in [2.24, 2.45) is 0 Å². The molecule has 10 heteroatoms. The van der Waals surface area contributed by atoms with Gasteiger partial charge < -0.3 is 89.2 Å².